The van der Waals surface area contributed by atoms with Crippen molar-refractivity contribution >= 4 is 135 Å². The van der Waals surface area contributed by atoms with Crippen LogP contribution in [0.25, 0.3) is 106 Å². The molecule has 0 bridgehead atoms. The normalized spacial score (nSPS) is 16.1. The third kappa shape index (κ3) is 16.9. The van der Waals surface area contributed by atoms with Gasteiger partial charge in [-0.1, -0.05) is 211 Å². The van der Waals surface area contributed by atoms with Crippen molar-refractivity contribution in [1.82, 2.24) is 0 Å². The van der Waals surface area contributed by atoms with E-state index in [9.17, 15) is 10.2 Å². The van der Waals surface area contributed by atoms with Gasteiger partial charge in [-0.15, -0.1) is 68.0 Å². The summed E-state index contributed by atoms with van der Waals surface area (Å²) >= 11 is 9.82. The van der Waals surface area contributed by atoms with Crippen LogP contribution in [0.15, 0.2) is 142 Å². The zero-order valence-electron chi connectivity index (χ0n) is 68.5. The molecule has 12 aromatic rings. The van der Waals surface area contributed by atoms with Crippen LogP contribution < -0.4 is 9.47 Å². The summed E-state index contributed by atoms with van der Waals surface area (Å²) in [6.45, 7) is 37.4. The van der Waals surface area contributed by atoms with Crippen molar-refractivity contribution in [2.75, 3.05) is 19.2 Å². The number of nitrogens with zero attached hydrogens (tertiary/aromatic N) is 1. The van der Waals surface area contributed by atoms with Gasteiger partial charge in [0.25, 0.3) is 0 Å². The number of thiophene rings is 6. The molecule has 638 valence electrons. The Morgan fingerprint density at radius 2 is 0.639 bits per heavy atom. The van der Waals surface area contributed by atoms with Crippen LogP contribution in [-0.2, 0) is 32.5 Å². The number of phenolic OH excluding ortho intramolecular Hbond substituents is 2. The van der Waals surface area contributed by atoms with E-state index in [4.69, 9.17) is 23.6 Å². The predicted octanol–water partition coefficient (Wildman–Crippen LogP) is 33.0. The van der Waals surface area contributed by atoms with Crippen LogP contribution in [0, 0.1) is 11.3 Å². The summed E-state index contributed by atoms with van der Waals surface area (Å²) < 4.78 is 222. The molecule has 0 atom stereocenters. The molecular weight excluding hydrogens is 1770 g/mol. The predicted molar refractivity (Wildman–Crippen MR) is 482 cm³/mol. The summed E-state index contributed by atoms with van der Waals surface area (Å²) in [5, 5.41) is 27.8. The Morgan fingerprint density at radius 3 is 0.941 bits per heavy atom. The molecule has 8 heterocycles. The Morgan fingerprint density at radius 1 is 0.361 bits per heavy atom. The number of fused-ring (bicyclic) bond motifs is 2. The van der Waals surface area contributed by atoms with E-state index < -0.39 is 91.8 Å². The minimum Gasteiger partial charge on any atom is -0.504 e. The van der Waals surface area contributed by atoms with Gasteiger partial charge in [0.2, 0.25) is 0 Å². The third-order valence-electron chi connectivity index (χ3n) is 20.2. The lowest BCUT2D eigenvalue weighted by Gasteiger charge is -2.26. The van der Waals surface area contributed by atoms with E-state index in [-0.39, 0.29) is 113 Å². The van der Waals surface area contributed by atoms with Crippen molar-refractivity contribution in [2.45, 2.75) is 214 Å². The molecule has 0 saturated carbocycles. The first-order valence-corrected chi connectivity index (χ1v) is 44.1. The molecule has 0 spiro atoms. The van der Waals surface area contributed by atoms with Crippen molar-refractivity contribution in [3.63, 3.8) is 0 Å². The van der Waals surface area contributed by atoms with Crippen LogP contribution in [0.5, 0.6) is 23.0 Å². The summed E-state index contributed by atoms with van der Waals surface area (Å²) in [6, 6.07) is 36.9. The number of hydrogen-bond acceptors (Lipinski definition) is 13. The Balaban J connectivity index is 0.000000253. The molecule has 0 unspecified atom stereocenters. The molecule has 14 rings (SSSR count). The first-order chi connectivity index (χ1) is 54.0. The number of ether oxygens (including phenoxy) is 2. The van der Waals surface area contributed by atoms with E-state index in [1.807, 2.05) is 166 Å². The molecule has 2 N–H and O–H groups in total. The second-order valence-corrected chi connectivity index (χ2v) is 41.3. The number of methoxy groups -OCH3 is 2. The second-order valence-electron chi connectivity index (χ2n) is 34.8. The number of rotatable bonds is 12. The molecule has 0 amide bonds. The lowest BCUT2D eigenvalue weighted by Crippen LogP contribution is -2.48. The van der Waals surface area contributed by atoms with E-state index >= 15 is 52.7 Å². The number of hydrogen-bond donors (Lipinski definition) is 2. The van der Waals surface area contributed by atoms with E-state index in [1.165, 1.54) is 90.8 Å². The topological polar surface area (TPSA) is 109 Å². The number of furan rings is 2. The van der Waals surface area contributed by atoms with Gasteiger partial charge in [0.05, 0.1) is 30.0 Å². The zero-order chi connectivity index (χ0) is 87.0. The molecule has 119 heavy (non-hydrogen) atoms. The van der Waals surface area contributed by atoms with Gasteiger partial charge in [0, 0.05) is 134 Å². The minimum atomic E-state index is -5.87. The number of aromatic hydroxyl groups is 2. The third-order valence-corrected chi connectivity index (χ3v) is 29.2. The molecule has 7 nitrogen and oxygen atoms in total. The SMILES string of the molecule is C.C.CC#N.CC(C)(C)c1ccc(-c2oc3cc(O)c(O)cc3c2C2=C(c3cc(-c4ccc(C(C)(C)C)s4)sc3-c3ccc(C(C)(C)C)s3)C(F)(F)C(F)(F)C2(F)F)cc1.CI.COc1cc2oc(-c3ccc(C(C)(C)C)cc3)c(C3=C(c4cc(-c5ccc(C(C)(C)C)s5)sc4-c4ccc(C(C)(C)C)s4)C(F)(F)C(F)(F)C3(F)F)c2cc1OC. The molecule has 8 aromatic heterocycles. The highest BCUT2D eigenvalue weighted by molar-refractivity contribution is 14.1. The quantitative estimate of drug-likeness (QED) is 0.0543. The first-order valence-electron chi connectivity index (χ1n) is 37.1. The van der Waals surface area contributed by atoms with Gasteiger partial charge in [-0.2, -0.15) is 57.9 Å². The van der Waals surface area contributed by atoms with Crippen molar-refractivity contribution in [3.8, 4) is 90.7 Å². The summed E-state index contributed by atoms with van der Waals surface area (Å²) in [5.74, 6) is -35.0. The van der Waals surface area contributed by atoms with Crippen LogP contribution >= 0.6 is 90.6 Å². The highest BCUT2D eigenvalue weighted by Crippen LogP contribution is 2.71. The van der Waals surface area contributed by atoms with E-state index in [1.54, 1.807) is 66.7 Å². The van der Waals surface area contributed by atoms with Gasteiger partial charge < -0.3 is 28.5 Å². The fourth-order valence-electron chi connectivity index (χ4n) is 13.7. The molecule has 0 aliphatic heterocycles. The molecule has 26 heteroatoms. The van der Waals surface area contributed by atoms with E-state index in [0.717, 1.165) is 65.4 Å². The monoisotopic (exact) mass is 1870 g/mol. The minimum absolute atomic E-state index is 0. The van der Waals surface area contributed by atoms with Gasteiger partial charge in [0.1, 0.15) is 22.7 Å². The van der Waals surface area contributed by atoms with Crippen LogP contribution in [0.4, 0.5) is 52.7 Å². The Kier molecular flexibility index (Phi) is 26.5. The molecule has 0 radical (unpaired) electrons. The van der Waals surface area contributed by atoms with Crippen molar-refractivity contribution in [1.29, 1.82) is 5.26 Å². The summed E-state index contributed by atoms with van der Waals surface area (Å²) in [5.41, 5.74) is -8.13. The maximum Gasteiger partial charge on any atom is 0.380 e. The molecule has 0 saturated heterocycles. The van der Waals surface area contributed by atoms with Crippen LogP contribution in [0.1, 0.15) is 199 Å². The Bertz CT molecular complexity index is 5850. The van der Waals surface area contributed by atoms with Crippen molar-refractivity contribution in [2.24, 2.45) is 0 Å². The van der Waals surface area contributed by atoms with E-state index in [2.05, 4.69) is 22.6 Å². The number of nitriles is 1. The van der Waals surface area contributed by atoms with Gasteiger partial charge in [-0.05, 0) is 121 Å². The summed E-state index contributed by atoms with van der Waals surface area (Å²) in [6.07, 6.45) is 0. The number of allylic oxidation sites excluding steroid dienone is 4. The van der Waals surface area contributed by atoms with E-state index in [0.29, 0.717) is 29.3 Å². The number of halogens is 13. The average Bonchev–Trinajstić information content (AvgIpc) is 1.52. The highest BCUT2D eigenvalue weighted by Gasteiger charge is 2.82. The smallest absolute Gasteiger partial charge is 0.380 e. The zero-order valence-corrected chi connectivity index (χ0v) is 75.6. The highest BCUT2D eigenvalue weighted by atomic mass is 127. The van der Waals surface area contributed by atoms with Gasteiger partial charge >= 0.3 is 35.5 Å². The second kappa shape index (κ2) is 33.1. The fourth-order valence-corrected chi connectivity index (χ4v) is 20.7. The van der Waals surface area contributed by atoms with Gasteiger partial charge in [0.15, 0.2) is 23.0 Å². The average molecular weight is 1870 g/mol. The van der Waals surface area contributed by atoms with Crippen molar-refractivity contribution < 1.29 is 81.2 Å². The molecule has 2 aliphatic rings. The summed E-state index contributed by atoms with van der Waals surface area (Å²) in [7, 11) is 2.70. The largest absolute Gasteiger partial charge is 0.504 e. The van der Waals surface area contributed by atoms with Gasteiger partial charge in [-0.25, -0.2) is 0 Å². The molecular formula is C93H98F12INO6S6. The lowest BCUT2D eigenvalue weighted by molar-refractivity contribution is -0.254. The number of benzene rings is 4. The number of alkyl halides is 13. The van der Waals surface area contributed by atoms with Crippen molar-refractivity contribution in [3.05, 3.63) is 186 Å². The Hall–Kier alpha value is -7.78. The number of phenols is 2. The molecule has 4 aromatic carbocycles. The maximum atomic E-state index is 16.9. The maximum absolute atomic E-state index is 16.9. The fraction of sp³-hybridized carbons (Fsp3) is 0.387. The van der Waals surface area contributed by atoms with Crippen LogP contribution in [-0.4, -0.2) is 64.9 Å². The van der Waals surface area contributed by atoms with Gasteiger partial charge in [-0.3, -0.25) is 0 Å². The Labute approximate surface area is 726 Å². The van der Waals surface area contributed by atoms with Crippen LogP contribution in [0.3, 0.4) is 0 Å². The summed E-state index contributed by atoms with van der Waals surface area (Å²) in [4.78, 5) is 9.40. The first kappa shape index (κ1) is 95.1. The van der Waals surface area contributed by atoms with Crippen LogP contribution in [0.2, 0.25) is 0 Å². The standard InChI is InChI=1S/C45H44F6O3S3.C43H40F6O3S3.C2H3N.CH3I.2CH4/c1-40(2,3)24-14-12-23(13-15-24)38-35(25-20-28(52-10)29(53-11)22-27(25)54-38)37-36(43(46,47)45(50,51)44(37,48)49)26-21-32(30-16-18-33(55-30)41(4,5)6)57-39(26)31-17-19-34(56-31)42(7,8)9;1-38(2,3)22-12-10-21(11-13-22)36-33(23-18-25(50)26(51)20-27(23)52-36)35-34(41(44,45)43(48,49)42(35,46)47)24-19-30(28-14-16-31(53-28)39(4,5)6)55-37(24)29-15-17-32(54-29)40(7,8)9;1-2-3;1-2;;/h12-22H,1-11H3;10-20,50-51H,1-9H3;1H3;1H3;2*1H4. The lowest BCUT2D eigenvalue weighted by atomic mass is 9.86. The molecule has 0 fully saturated rings. The molecule has 2 aliphatic carbocycles.